The molecule has 1 saturated carbocycles. The normalized spacial score (nSPS) is 16.1. The smallest absolute Gasteiger partial charge is 0.122 e. The summed E-state index contributed by atoms with van der Waals surface area (Å²) in [6.07, 6.45) is 3.95. The molecule has 0 atom stereocenters. The van der Waals surface area contributed by atoms with Gasteiger partial charge in [0.2, 0.25) is 0 Å². The van der Waals surface area contributed by atoms with Gasteiger partial charge in [0.25, 0.3) is 0 Å². The van der Waals surface area contributed by atoms with Gasteiger partial charge in [-0.1, -0.05) is 6.42 Å². The zero-order valence-corrected chi connectivity index (χ0v) is 9.38. The Balaban J connectivity index is 2.34. The molecule has 0 aromatic carbocycles. The number of hydrogen-bond acceptors (Lipinski definition) is 2. The maximum atomic E-state index is 9.00. The van der Waals surface area contributed by atoms with Gasteiger partial charge in [0, 0.05) is 12.2 Å². The van der Waals surface area contributed by atoms with Crippen molar-refractivity contribution in [2.75, 3.05) is 5.73 Å². The summed E-state index contributed by atoms with van der Waals surface area (Å²) in [7, 11) is 0. The first-order valence-electron chi connectivity index (χ1n) is 5.50. The largest absolute Gasteiger partial charge is 0.384 e. The van der Waals surface area contributed by atoms with E-state index >= 15 is 0 Å². The van der Waals surface area contributed by atoms with Gasteiger partial charge in [-0.25, -0.2) is 0 Å². The molecule has 1 aromatic rings. The summed E-state index contributed by atoms with van der Waals surface area (Å²) in [6, 6.07) is 2.19. The highest BCUT2D eigenvalue weighted by molar-refractivity contribution is 5.57. The van der Waals surface area contributed by atoms with Gasteiger partial charge in [-0.05, 0) is 38.2 Å². The quantitative estimate of drug-likeness (QED) is 0.802. The molecule has 80 valence electrons. The second-order valence-corrected chi connectivity index (χ2v) is 4.49. The molecule has 15 heavy (non-hydrogen) atoms. The second-order valence-electron chi connectivity index (χ2n) is 4.49. The fourth-order valence-electron chi connectivity index (χ4n) is 2.20. The van der Waals surface area contributed by atoms with E-state index < -0.39 is 0 Å². The van der Waals surface area contributed by atoms with Crippen LogP contribution in [0.1, 0.15) is 36.1 Å². The number of nitriles is 1. The Hall–Kier alpha value is -1.43. The van der Waals surface area contributed by atoms with Crippen molar-refractivity contribution in [3.8, 4) is 6.07 Å². The first-order chi connectivity index (χ1) is 7.15. The van der Waals surface area contributed by atoms with Crippen LogP contribution in [0.3, 0.4) is 0 Å². The predicted octanol–water partition coefficient (Wildman–Crippen LogP) is 2.36. The van der Waals surface area contributed by atoms with Crippen LogP contribution in [-0.2, 0) is 6.54 Å². The van der Waals surface area contributed by atoms with Crippen molar-refractivity contribution in [1.82, 2.24) is 4.57 Å². The predicted molar refractivity (Wildman–Crippen MR) is 60.4 cm³/mol. The Morgan fingerprint density at radius 2 is 2.13 bits per heavy atom. The lowest BCUT2D eigenvalue weighted by atomic mass is 9.85. The molecule has 2 N–H and O–H groups in total. The van der Waals surface area contributed by atoms with Gasteiger partial charge in [0.15, 0.2) is 0 Å². The van der Waals surface area contributed by atoms with E-state index in [-0.39, 0.29) is 0 Å². The van der Waals surface area contributed by atoms with E-state index in [1.165, 1.54) is 19.3 Å². The van der Waals surface area contributed by atoms with E-state index in [1.807, 2.05) is 13.8 Å². The summed E-state index contributed by atoms with van der Waals surface area (Å²) in [5, 5.41) is 9.00. The molecule has 0 bridgehead atoms. The van der Waals surface area contributed by atoms with Gasteiger partial charge in [0.1, 0.15) is 11.9 Å². The van der Waals surface area contributed by atoms with E-state index in [2.05, 4.69) is 10.6 Å². The molecule has 1 fully saturated rings. The van der Waals surface area contributed by atoms with E-state index in [0.29, 0.717) is 11.4 Å². The average molecular weight is 203 g/mol. The van der Waals surface area contributed by atoms with Crippen LogP contribution < -0.4 is 5.73 Å². The molecule has 0 saturated heterocycles. The topological polar surface area (TPSA) is 54.7 Å². The molecule has 2 rings (SSSR count). The van der Waals surface area contributed by atoms with Gasteiger partial charge in [0.05, 0.1) is 5.56 Å². The van der Waals surface area contributed by atoms with Crippen LogP contribution in [0.15, 0.2) is 0 Å². The van der Waals surface area contributed by atoms with Crippen LogP contribution in [0, 0.1) is 31.1 Å². The van der Waals surface area contributed by atoms with E-state index in [9.17, 15) is 0 Å². The van der Waals surface area contributed by atoms with Crippen molar-refractivity contribution in [2.24, 2.45) is 5.92 Å². The van der Waals surface area contributed by atoms with Gasteiger partial charge in [-0.2, -0.15) is 5.26 Å². The van der Waals surface area contributed by atoms with E-state index in [0.717, 1.165) is 23.7 Å². The third kappa shape index (κ3) is 1.50. The minimum atomic E-state index is 0.652. The Kier molecular flexibility index (Phi) is 2.44. The zero-order chi connectivity index (χ0) is 11.0. The minimum absolute atomic E-state index is 0.652. The number of nitrogens with two attached hydrogens (primary N) is 1. The number of aromatic nitrogens is 1. The molecule has 3 heteroatoms. The Morgan fingerprint density at radius 3 is 2.53 bits per heavy atom. The Morgan fingerprint density at radius 1 is 1.47 bits per heavy atom. The number of hydrogen-bond donors (Lipinski definition) is 1. The summed E-state index contributed by atoms with van der Waals surface area (Å²) >= 11 is 0. The van der Waals surface area contributed by atoms with Crippen LogP contribution in [-0.4, -0.2) is 4.57 Å². The van der Waals surface area contributed by atoms with Crippen molar-refractivity contribution in [1.29, 1.82) is 5.26 Å². The molecule has 1 heterocycles. The fourth-order valence-corrected chi connectivity index (χ4v) is 2.20. The van der Waals surface area contributed by atoms with Crippen LogP contribution >= 0.6 is 0 Å². The minimum Gasteiger partial charge on any atom is -0.384 e. The highest BCUT2D eigenvalue weighted by Crippen LogP contribution is 2.31. The van der Waals surface area contributed by atoms with Crippen molar-refractivity contribution in [3.63, 3.8) is 0 Å². The highest BCUT2D eigenvalue weighted by atomic mass is 15.1. The third-order valence-electron chi connectivity index (χ3n) is 3.65. The molecular weight excluding hydrogens is 186 g/mol. The first kappa shape index (κ1) is 10.1. The molecule has 0 spiro atoms. The second kappa shape index (κ2) is 3.62. The zero-order valence-electron chi connectivity index (χ0n) is 9.38. The summed E-state index contributed by atoms with van der Waals surface area (Å²) in [4.78, 5) is 0. The number of rotatable bonds is 2. The Labute approximate surface area is 90.5 Å². The maximum Gasteiger partial charge on any atom is 0.122 e. The average Bonchev–Trinajstić information content (AvgIpc) is 2.34. The monoisotopic (exact) mass is 203 g/mol. The Bertz CT molecular complexity index is 419. The van der Waals surface area contributed by atoms with Gasteiger partial charge >= 0.3 is 0 Å². The van der Waals surface area contributed by atoms with Crippen molar-refractivity contribution >= 4 is 5.82 Å². The van der Waals surface area contributed by atoms with Crippen molar-refractivity contribution < 1.29 is 0 Å². The molecule has 0 amide bonds. The lowest BCUT2D eigenvalue weighted by Gasteiger charge is -2.27. The van der Waals surface area contributed by atoms with Crippen molar-refractivity contribution in [2.45, 2.75) is 39.7 Å². The lowest BCUT2D eigenvalue weighted by Crippen LogP contribution is -2.19. The number of nitrogens with zero attached hydrogens (tertiary/aromatic N) is 2. The summed E-state index contributed by atoms with van der Waals surface area (Å²) in [5.74, 6) is 1.42. The van der Waals surface area contributed by atoms with Crippen LogP contribution in [0.4, 0.5) is 5.82 Å². The molecule has 0 unspecified atom stereocenters. The first-order valence-corrected chi connectivity index (χ1v) is 5.50. The summed E-state index contributed by atoms with van der Waals surface area (Å²) in [5.41, 5.74) is 8.83. The van der Waals surface area contributed by atoms with E-state index in [1.54, 1.807) is 0 Å². The van der Waals surface area contributed by atoms with Gasteiger partial charge < -0.3 is 10.3 Å². The molecule has 0 radical (unpaired) electrons. The standard InChI is InChI=1S/C12H17N3/c1-8-9(2)15(7-10-4-3-5-10)12(14)11(8)6-13/h10H,3-5,7,14H2,1-2H3. The van der Waals surface area contributed by atoms with Crippen molar-refractivity contribution in [3.05, 3.63) is 16.8 Å². The van der Waals surface area contributed by atoms with Gasteiger partial charge in [-0.15, -0.1) is 0 Å². The molecule has 1 aliphatic carbocycles. The molecule has 0 aliphatic heterocycles. The van der Waals surface area contributed by atoms with Crippen LogP contribution in [0.5, 0.6) is 0 Å². The van der Waals surface area contributed by atoms with Crippen LogP contribution in [0.2, 0.25) is 0 Å². The molecule has 1 aliphatic rings. The van der Waals surface area contributed by atoms with E-state index in [4.69, 9.17) is 11.0 Å². The molecule has 1 aromatic heterocycles. The third-order valence-corrected chi connectivity index (χ3v) is 3.65. The highest BCUT2D eigenvalue weighted by Gasteiger charge is 2.22. The van der Waals surface area contributed by atoms with Gasteiger partial charge in [-0.3, -0.25) is 0 Å². The number of anilines is 1. The SMILES string of the molecule is Cc1c(C#N)c(N)n(CC2CCC2)c1C. The lowest BCUT2D eigenvalue weighted by molar-refractivity contribution is 0.276. The fraction of sp³-hybridized carbons (Fsp3) is 0.583. The number of nitrogen functional groups attached to an aromatic ring is 1. The molecular formula is C12H17N3. The summed E-state index contributed by atoms with van der Waals surface area (Å²) in [6.45, 7) is 5.01. The summed E-state index contributed by atoms with van der Waals surface area (Å²) < 4.78 is 2.11. The maximum absolute atomic E-state index is 9.00. The van der Waals surface area contributed by atoms with Crippen LogP contribution in [0.25, 0.3) is 0 Å². The molecule has 3 nitrogen and oxygen atoms in total.